The van der Waals surface area contributed by atoms with E-state index in [2.05, 4.69) is 21.6 Å². The summed E-state index contributed by atoms with van der Waals surface area (Å²) in [6.07, 6.45) is 13.3. The van der Waals surface area contributed by atoms with Crippen molar-refractivity contribution < 1.29 is 21.4 Å². The Morgan fingerprint density at radius 2 is 1.50 bits per heavy atom. The summed E-state index contributed by atoms with van der Waals surface area (Å²) >= 11 is 0. The molecule has 36 heavy (non-hydrogen) atoms. The van der Waals surface area contributed by atoms with Crippen molar-refractivity contribution in [1.29, 1.82) is 0 Å². The van der Waals surface area contributed by atoms with E-state index in [-0.39, 0.29) is 0 Å². The van der Waals surface area contributed by atoms with Gasteiger partial charge in [-0.15, -0.1) is 0 Å². The molecule has 1 unspecified atom stereocenters. The van der Waals surface area contributed by atoms with Crippen LogP contribution < -0.4 is 4.90 Å². The van der Waals surface area contributed by atoms with Crippen molar-refractivity contribution in [2.24, 2.45) is 5.92 Å². The van der Waals surface area contributed by atoms with Crippen LogP contribution in [0.2, 0.25) is 0 Å². The molecule has 0 N–H and O–H groups in total. The number of anilines is 1. The van der Waals surface area contributed by atoms with E-state index in [4.69, 9.17) is 0 Å². The van der Waals surface area contributed by atoms with Gasteiger partial charge in [0.05, 0.1) is 9.79 Å². The molecular weight excluding hydrogens is 492 g/mol. The van der Waals surface area contributed by atoms with E-state index in [1.54, 1.807) is 12.1 Å². The molecule has 6 nitrogen and oxygen atoms in total. The lowest BCUT2D eigenvalue weighted by molar-refractivity contribution is -0.429. The smallest absolute Gasteiger partial charge is 0.208 e. The first-order valence-electron chi connectivity index (χ1n) is 12.6. The van der Waals surface area contributed by atoms with Gasteiger partial charge in [-0.05, 0) is 79.1 Å². The molecule has 2 aromatic carbocycles. The van der Waals surface area contributed by atoms with Gasteiger partial charge in [-0.3, -0.25) is 0 Å². The molecule has 0 radical (unpaired) electrons. The lowest BCUT2D eigenvalue weighted by atomic mass is 9.79. The topological polar surface area (TPSA) is 74.5 Å². The standard InChI is InChI=1S/C28H31N2O4S2/c1-35(31,32)25-7-9-27-20(17-25)11-13-29(27)23-5-3-19-4-6-24(16-22(19)15-23)30-14-12-21-18-26(36(2,33)34)8-10-28(21)30/h7-10,15-19H,3-6,11-14H2,1-2H3/q+1. The molecule has 0 aromatic heterocycles. The molecular formula is C28H31N2O4S2+. The Hall–Kier alpha value is -2.71. The first kappa shape index (κ1) is 23.7. The first-order chi connectivity index (χ1) is 17.1. The van der Waals surface area contributed by atoms with Crippen LogP contribution in [0.4, 0.5) is 11.4 Å². The van der Waals surface area contributed by atoms with Gasteiger partial charge in [0.15, 0.2) is 31.9 Å². The maximum Gasteiger partial charge on any atom is 0.208 e. The van der Waals surface area contributed by atoms with Crippen molar-refractivity contribution in [1.82, 2.24) is 0 Å². The second kappa shape index (κ2) is 8.42. The maximum absolute atomic E-state index is 12.0. The largest absolute Gasteiger partial charge is 0.345 e. The lowest BCUT2D eigenvalue weighted by Gasteiger charge is -2.32. The molecule has 1 atom stereocenters. The minimum absolute atomic E-state index is 0.393. The van der Waals surface area contributed by atoms with Gasteiger partial charge in [0.1, 0.15) is 0 Å². The van der Waals surface area contributed by atoms with Crippen LogP contribution in [0.5, 0.6) is 0 Å². The molecule has 2 heterocycles. The number of fused-ring (bicyclic) bond motifs is 3. The van der Waals surface area contributed by atoms with Crippen LogP contribution >= 0.6 is 0 Å². The minimum atomic E-state index is -3.21. The summed E-state index contributed by atoms with van der Waals surface area (Å²) in [7, 11) is -6.41. The van der Waals surface area contributed by atoms with Crippen molar-refractivity contribution in [3.63, 3.8) is 0 Å². The highest BCUT2D eigenvalue weighted by atomic mass is 32.2. The molecule has 0 saturated heterocycles. The Labute approximate surface area is 213 Å². The molecule has 188 valence electrons. The summed E-state index contributed by atoms with van der Waals surface area (Å²) in [6.45, 7) is 1.76. The van der Waals surface area contributed by atoms with Crippen LogP contribution in [0.3, 0.4) is 0 Å². The van der Waals surface area contributed by atoms with Crippen LogP contribution in [-0.4, -0.2) is 52.7 Å². The summed E-state index contributed by atoms with van der Waals surface area (Å²) < 4.78 is 50.3. The quantitative estimate of drug-likeness (QED) is 0.564. The summed E-state index contributed by atoms with van der Waals surface area (Å²) in [4.78, 5) is 3.15. The van der Waals surface area contributed by atoms with Crippen molar-refractivity contribution >= 4 is 36.8 Å². The molecule has 0 bridgehead atoms. The van der Waals surface area contributed by atoms with Gasteiger partial charge < -0.3 is 4.90 Å². The number of hydrogen-bond donors (Lipinski definition) is 0. The summed E-state index contributed by atoms with van der Waals surface area (Å²) in [6, 6.07) is 11.1. The number of nitrogens with zero attached hydrogens (tertiary/aromatic N) is 2. The maximum atomic E-state index is 12.0. The van der Waals surface area contributed by atoms with Crippen molar-refractivity contribution in [3.05, 3.63) is 70.9 Å². The fraction of sp³-hybridized carbons (Fsp3) is 0.393. The molecule has 6 rings (SSSR count). The van der Waals surface area contributed by atoms with Crippen molar-refractivity contribution in [3.8, 4) is 0 Å². The summed E-state index contributed by atoms with van der Waals surface area (Å²) in [5, 5.41) is 0. The van der Waals surface area contributed by atoms with E-state index in [1.165, 1.54) is 29.5 Å². The molecule has 0 saturated carbocycles. The third-order valence-corrected chi connectivity index (χ3v) is 10.3. The molecule has 0 spiro atoms. The van der Waals surface area contributed by atoms with Crippen molar-refractivity contribution in [2.45, 2.75) is 48.3 Å². The summed E-state index contributed by atoms with van der Waals surface area (Å²) in [5.41, 5.74) is 8.46. The fourth-order valence-corrected chi connectivity index (χ4v) is 7.51. The minimum Gasteiger partial charge on any atom is -0.345 e. The second-order valence-corrected chi connectivity index (χ2v) is 14.5. The average molecular weight is 524 g/mol. The predicted molar refractivity (Wildman–Crippen MR) is 142 cm³/mol. The molecule has 2 aromatic rings. The van der Waals surface area contributed by atoms with E-state index in [9.17, 15) is 16.8 Å². The molecule has 2 aliphatic carbocycles. The first-order valence-corrected chi connectivity index (χ1v) is 16.4. The van der Waals surface area contributed by atoms with E-state index < -0.39 is 19.7 Å². The van der Waals surface area contributed by atoms with Crippen molar-refractivity contribution in [2.75, 3.05) is 30.5 Å². The Morgan fingerprint density at radius 3 is 2.25 bits per heavy atom. The Kier molecular flexibility index (Phi) is 5.53. The van der Waals surface area contributed by atoms with Crippen LogP contribution in [0.15, 0.2) is 69.6 Å². The van der Waals surface area contributed by atoms with Crippen LogP contribution in [0.1, 0.15) is 36.8 Å². The van der Waals surface area contributed by atoms with E-state index in [0.717, 1.165) is 74.1 Å². The average Bonchev–Trinajstić information content (AvgIpc) is 3.46. The van der Waals surface area contributed by atoms with Crippen LogP contribution in [0, 0.1) is 5.92 Å². The predicted octanol–water partition coefficient (Wildman–Crippen LogP) is 4.21. The summed E-state index contributed by atoms with van der Waals surface area (Å²) in [5.74, 6) is 0.571. The monoisotopic (exact) mass is 523 g/mol. The highest BCUT2D eigenvalue weighted by molar-refractivity contribution is 7.91. The Morgan fingerprint density at radius 1 is 0.806 bits per heavy atom. The normalized spacial score (nSPS) is 23.6. The van der Waals surface area contributed by atoms with Gasteiger partial charge in [-0.25, -0.2) is 16.8 Å². The van der Waals surface area contributed by atoms with Crippen LogP contribution in [-0.2, 0) is 32.5 Å². The van der Waals surface area contributed by atoms with Crippen LogP contribution in [0.25, 0.3) is 0 Å². The van der Waals surface area contributed by atoms with Gasteiger partial charge in [-0.1, -0.05) is 0 Å². The van der Waals surface area contributed by atoms with E-state index >= 15 is 0 Å². The van der Waals surface area contributed by atoms with E-state index in [1.807, 2.05) is 24.3 Å². The number of hydrogen-bond acceptors (Lipinski definition) is 5. The lowest BCUT2D eigenvalue weighted by Crippen LogP contribution is -2.27. The highest BCUT2D eigenvalue weighted by Gasteiger charge is 2.33. The zero-order valence-electron chi connectivity index (χ0n) is 20.7. The van der Waals surface area contributed by atoms with Gasteiger partial charge in [-0.2, -0.15) is 4.58 Å². The zero-order chi connectivity index (χ0) is 25.2. The van der Waals surface area contributed by atoms with Gasteiger partial charge in [0.2, 0.25) is 5.69 Å². The molecule has 0 fully saturated rings. The highest BCUT2D eigenvalue weighted by Crippen LogP contribution is 2.41. The SMILES string of the molecule is CS(=O)(=O)c1ccc2c(c1)CCN2C1=CC2=CC(=[N+]3CCc4cc(S(C)(=O)=O)ccc43)CCC2CC1. The third-order valence-electron chi connectivity index (χ3n) is 8.08. The van der Waals surface area contributed by atoms with E-state index in [0.29, 0.717) is 15.7 Å². The molecule has 4 aliphatic rings. The Bertz CT molecular complexity index is 1600. The van der Waals surface area contributed by atoms with Gasteiger partial charge in [0, 0.05) is 61.0 Å². The molecule has 2 aliphatic heterocycles. The number of rotatable bonds is 3. The number of allylic oxidation sites excluding steroid dienone is 4. The molecule has 0 amide bonds. The second-order valence-electron chi connectivity index (χ2n) is 10.5. The number of sulfone groups is 2. The molecule has 8 heteroatoms. The Balaban J connectivity index is 1.33. The van der Waals surface area contributed by atoms with Gasteiger partial charge in [0.25, 0.3) is 0 Å². The van der Waals surface area contributed by atoms with Gasteiger partial charge >= 0.3 is 0 Å². The zero-order valence-corrected chi connectivity index (χ0v) is 22.3. The third kappa shape index (κ3) is 4.14. The fourth-order valence-electron chi connectivity index (χ4n) is 6.17. The number of benzene rings is 2.